The predicted molar refractivity (Wildman–Crippen MR) is 120 cm³/mol. The van der Waals surface area contributed by atoms with Crippen molar-refractivity contribution < 1.29 is 13.2 Å². The second-order valence-corrected chi connectivity index (χ2v) is 10.3. The van der Waals surface area contributed by atoms with E-state index < -0.39 is 10.0 Å². The molecule has 2 fully saturated rings. The molecule has 0 aliphatic carbocycles. The molecule has 2 aromatic rings. The number of piperidine rings is 2. The first-order valence-corrected chi connectivity index (χ1v) is 12.0. The number of sulfonamides is 1. The van der Waals surface area contributed by atoms with Gasteiger partial charge in [-0.1, -0.05) is 24.3 Å². The van der Waals surface area contributed by atoms with Crippen LogP contribution in [0.3, 0.4) is 0 Å². The van der Waals surface area contributed by atoms with Crippen LogP contribution in [0.5, 0.6) is 5.75 Å². The first kappa shape index (κ1) is 21.6. The summed E-state index contributed by atoms with van der Waals surface area (Å²) in [6, 6.07) is 15.9. The maximum atomic E-state index is 13.5. The zero-order valence-electron chi connectivity index (χ0n) is 17.2. The molecular formula is C23H29ClN2O3S. The van der Waals surface area contributed by atoms with Gasteiger partial charge in [-0.25, -0.2) is 8.42 Å². The molecule has 2 aromatic carbocycles. The van der Waals surface area contributed by atoms with Crippen LogP contribution in [0, 0.1) is 5.92 Å². The van der Waals surface area contributed by atoms with Crippen LogP contribution in [-0.2, 0) is 16.4 Å². The van der Waals surface area contributed by atoms with Crippen molar-refractivity contribution in [3.63, 3.8) is 0 Å². The maximum absolute atomic E-state index is 13.5. The highest BCUT2D eigenvalue weighted by atomic mass is 35.5. The first-order valence-electron chi connectivity index (χ1n) is 10.6. The van der Waals surface area contributed by atoms with Crippen molar-refractivity contribution in [1.29, 1.82) is 0 Å². The van der Waals surface area contributed by atoms with Crippen LogP contribution < -0.4 is 4.74 Å². The largest absolute Gasteiger partial charge is 0.497 e. The van der Waals surface area contributed by atoms with Gasteiger partial charge in [0.15, 0.2) is 0 Å². The van der Waals surface area contributed by atoms with E-state index in [0.29, 0.717) is 29.1 Å². The zero-order chi connectivity index (χ0) is 20.0. The van der Waals surface area contributed by atoms with Crippen molar-refractivity contribution in [3.05, 3.63) is 59.7 Å². The molecule has 0 aromatic heterocycles. The number of halogens is 1. The van der Waals surface area contributed by atoms with Gasteiger partial charge >= 0.3 is 0 Å². The lowest BCUT2D eigenvalue weighted by Gasteiger charge is -2.51. The molecule has 0 spiro atoms. The summed E-state index contributed by atoms with van der Waals surface area (Å²) in [5.41, 5.74) is 2.82. The van der Waals surface area contributed by atoms with Crippen molar-refractivity contribution in [3.8, 4) is 5.75 Å². The van der Waals surface area contributed by atoms with Crippen LogP contribution in [0.15, 0.2) is 53.4 Å². The molecule has 5 nitrogen and oxygen atoms in total. The van der Waals surface area contributed by atoms with E-state index in [4.69, 9.17) is 4.74 Å². The molecule has 0 N–H and O–H groups in total. The summed E-state index contributed by atoms with van der Waals surface area (Å²) in [4.78, 5) is 2.96. The van der Waals surface area contributed by atoms with Gasteiger partial charge in [0.25, 0.3) is 0 Å². The van der Waals surface area contributed by atoms with Crippen LogP contribution in [-0.4, -0.2) is 50.4 Å². The van der Waals surface area contributed by atoms with Gasteiger partial charge in [0.1, 0.15) is 5.75 Å². The lowest BCUT2D eigenvalue weighted by Crippen LogP contribution is -2.57. The number of methoxy groups -OCH3 is 1. The lowest BCUT2D eigenvalue weighted by atomic mass is 9.77. The van der Waals surface area contributed by atoms with Gasteiger partial charge in [-0.3, -0.25) is 4.90 Å². The Bertz CT molecular complexity index is 996. The van der Waals surface area contributed by atoms with E-state index in [2.05, 4.69) is 29.2 Å². The summed E-state index contributed by atoms with van der Waals surface area (Å²) < 4.78 is 34.0. The van der Waals surface area contributed by atoms with Crippen LogP contribution in [0.25, 0.3) is 0 Å². The number of ether oxygens (including phenoxy) is 1. The molecule has 30 heavy (non-hydrogen) atoms. The average molecular weight is 449 g/mol. The number of hydrogen-bond acceptors (Lipinski definition) is 4. The highest BCUT2D eigenvalue weighted by Gasteiger charge is 2.46. The Morgan fingerprint density at radius 1 is 1.03 bits per heavy atom. The summed E-state index contributed by atoms with van der Waals surface area (Å²) in [5.74, 6) is 1.09. The maximum Gasteiger partial charge on any atom is 0.243 e. The Labute approximate surface area is 185 Å². The fraction of sp³-hybridized carbons (Fsp3) is 0.478. The number of hydrogen-bond donors (Lipinski definition) is 0. The molecule has 162 valence electrons. The third kappa shape index (κ3) is 3.64. The molecular weight excluding hydrogens is 420 g/mol. The van der Waals surface area contributed by atoms with E-state index in [9.17, 15) is 8.42 Å². The lowest BCUT2D eigenvalue weighted by molar-refractivity contribution is 0.0220. The highest BCUT2D eigenvalue weighted by molar-refractivity contribution is 7.89. The summed E-state index contributed by atoms with van der Waals surface area (Å²) in [6.07, 6.45) is 4.03. The summed E-state index contributed by atoms with van der Waals surface area (Å²) in [5, 5.41) is 0. The average Bonchev–Trinajstić information content (AvgIpc) is 2.77. The minimum absolute atomic E-state index is 0. The van der Waals surface area contributed by atoms with E-state index in [-0.39, 0.29) is 18.4 Å². The standard InChI is InChI=1S/C23H28N2O3S.ClH/c1-28-19-8-10-20(11-9-19)29(26,27)25-13-4-6-18-16-24-14-12-17-5-2-3-7-21(17)23(24)15-22(18)25;/h2-3,5,7-11,18,22-23H,4,6,12-16H2,1H3;1H/t18-,22+,23+;/m1./s1. The summed E-state index contributed by atoms with van der Waals surface area (Å²) in [7, 11) is -1.92. The molecule has 0 bridgehead atoms. The van der Waals surface area contributed by atoms with E-state index in [1.165, 1.54) is 11.1 Å². The molecule has 3 atom stereocenters. The van der Waals surface area contributed by atoms with Crippen molar-refractivity contribution >= 4 is 22.4 Å². The van der Waals surface area contributed by atoms with E-state index in [0.717, 1.165) is 38.8 Å². The Kier molecular flexibility index (Phi) is 6.13. The van der Waals surface area contributed by atoms with E-state index >= 15 is 0 Å². The Morgan fingerprint density at radius 3 is 2.57 bits per heavy atom. The molecule has 3 heterocycles. The SMILES string of the molecule is COc1ccc(S(=O)(=O)N2CCC[C@@H]3CN4CCc5ccccc5[C@@H]4C[C@@H]32)cc1.Cl. The summed E-state index contributed by atoms with van der Waals surface area (Å²) in [6.45, 7) is 2.69. The molecule has 0 radical (unpaired) electrons. The molecule has 0 amide bonds. The molecule has 7 heteroatoms. The molecule has 3 aliphatic rings. The van der Waals surface area contributed by atoms with Crippen molar-refractivity contribution in [2.45, 2.75) is 42.7 Å². The predicted octanol–water partition coefficient (Wildman–Crippen LogP) is 3.89. The Morgan fingerprint density at radius 2 is 1.80 bits per heavy atom. The fourth-order valence-corrected chi connectivity index (χ4v) is 7.27. The monoisotopic (exact) mass is 448 g/mol. The molecule has 0 saturated carbocycles. The smallest absolute Gasteiger partial charge is 0.243 e. The van der Waals surface area contributed by atoms with E-state index in [1.807, 2.05) is 0 Å². The number of fused-ring (bicyclic) bond motifs is 4. The Balaban J connectivity index is 0.00000218. The third-order valence-corrected chi connectivity index (χ3v) is 8.93. The van der Waals surface area contributed by atoms with Crippen LogP contribution in [0.2, 0.25) is 0 Å². The minimum atomic E-state index is -3.51. The molecule has 0 unspecified atom stereocenters. The zero-order valence-corrected chi connectivity index (χ0v) is 18.9. The van der Waals surface area contributed by atoms with Gasteiger partial charge in [-0.2, -0.15) is 4.31 Å². The van der Waals surface area contributed by atoms with E-state index in [1.54, 1.807) is 35.7 Å². The normalized spacial score (nSPS) is 26.6. The second kappa shape index (κ2) is 8.50. The van der Waals surface area contributed by atoms with Gasteiger partial charge in [0, 0.05) is 31.7 Å². The number of benzene rings is 2. The van der Waals surface area contributed by atoms with Gasteiger partial charge in [-0.15, -0.1) is 12.4 Å². The van der Waals surface area contributed by atoms with Crippen molar-refractivity contribution in [1.82, 2.24) is 9.21 Å². The highest BCUT2D eigenvalue weighted by Crippen LogP contribution is 2.44. The molecule has 3 aliphatic heterocycles. The quantitative estimate of drug-likeness (QED) is 0.714. The Hall–Kier alpha value is -1.60. The first-order chi connectivity index (χ1) is 14.1. The van der Waals surface area contributed by atoms with Crippen molar-refractivity contribution in [2.24, 2.45) is 5.92 Å². The van der Waals surface area contributed by atoms with Crippen LogP contribution >= 0.6 is 12.4 Å². The topological polar surface area (TPSA) is 49.9 Å². The van der Waals surface area contributed by atoms with Gasteiger partial charge in [0.2, 0.25) is 10.0 Å². The van der Waals surface area contributed by atoms with Gasteiger partial charge < -0.3 is 4.74 Å². The minimum Gasteiger partial charge on any atom is -0.497 e. The van der Waals surface area contributed by atoms with Gasteiger partial charge in [-0.05, 0) is 67.0 Å². The second-order valence-electron chi connectivity index (χ2n) is 8.46. The van der Waals surface area contributed by atoms with Gasteiger partial charge in [0.05, 0.1) is 12.0 Å². The van der Waals surface area contributed by atoms with Crippen LogP contribution in [0.1, 0.15) is 36.4 Å². The number of rotatable bonds is 3. The molecule has 5 rings (SSSR count). The number of nitrogens with zero attached hydrogens (tertiary/aromatic N) is 2. The van der Waals surface area contributed by atoms with Crippen molar-refractivity contribution in [2.75, 3.05) is 26.7 Å². The van der Waals surface area contributed by atoms with Crippen LogP contribution in [0.4, 0.5) is 0 Å². The summed E-state index contributed by atoms with van der Waals surface area (Å²) >= 11 is 0. The fourth-order valence-electron chi connectivity index (χ4n) is 5.54. The third-order valence-electron chi connectivity index (χ3n) is 6.99. The molecule has 2 saturated heterocycles.